The highest BCUT2D eigenvalue weighted by molar-refractivity contribution is 6.30. The van der Waals surface area contributed by atoms with Crippen molar-refractivity contribution in [3.05, 3.63) is 58.6 Å². The number of hydrogen-bond acceptors (Lipinski definition) is 2. The van der Waals surface area contributed by atoms with Crippen molar-refractivity contribution in [3.8, 4) is 11.1 Å². The van der Waals surface area contributed by atoms with Crippen molar-refractivity contribution in [2.75, 3.05) is 0 Å². The van der Waals surface area contributed by atoms with Gasteiger partial charge in [0.25, 0.3) is 0 Å². The van der Waals surface area contributed by atoms with Gasteiger partial charge in [0.15, 0.2) is 0 Å². The van der Waals surface area contributed by atoms with Crippen LogP contribution in [0, 0.1) is 0 Å². The molecule has 1 aliphatic heterocycles. The van der Waals surface area contributed by atoms with Gasteiger partial charge in [-0.1, -0.05) is 35.9 Å². The van der Waals surface area contributed by atoms with Gasteiger partial charge < -0.3 is 4.74 Å². The normalized spacial score (nSPS) is 13.4. The lowest BCUT2D eigenvalue weighted by atomic mass is 10.0. The van der Waals surface area contributed by atoms with Crippen LogP contribution in [-0.4, -0.2) is 5.97 Å². The maximum absolute atomic E-state index is 11.5. The number of esters is 1. The Kier molecular flexibility index (Phi) is 2.37. The molecule has 3 rings (SSSR count). The molecule has 0 radical (unpaired) electrons. The maximum Gasteiger partial charge on any atom is 0.338 e. The molecule has 0 aliphatic carbocycles. The number of fused-ring (bicyclic) bond motifs is 1. The van der Waals surface area contributed by atoms with Crippen LogP contribution in [0.5, 0.6) is 0 Å². The van der Waals surface area contributed by atoms with Crippen molar-refractivity contribution < 1.29 is 9.53 Å². The predicted molar refractivity (Wildman–Crippen MR) is 66.0 cm³/mol. The first-order chi connectivity index (χ1) is 8.24. The lowest BCUT2D eigenvalue weighted by Crippen LogP contribution is -1.93. The van der Waals surface area contributed by atoms with Crippen molar-refractivity contribution in [1.29, 1.82) is 0 Å². The highest BCUT2D eigenvalue weighted by atomic mass is 35.5. The molecule has 2 nitrogen and oxygen atoms in total. The van der Waals surface area contributed by atoms with Gasteiger partial charge in [-0.05, 0) is 29.3 Å². The first-order valence-corrected chi connectivity index (χ1v) is 5.68. The number of halogens is 1. The molecule has 1 heterocycles. The van der Waals surface area contributed by atoms with E-state index in [1.54, 1.807) is 0 Å². The van der Waals surface area contributed by atoms with E-state index in [0.29, 0.717) is 17.2 Å². The van der Waals surface area contributed by atoms with Gasteiger partial charge in [-0.25, -0.2) is 4.79 Å². The van der Waals surface area contributed by atoms with E-state index < -0.39 is 0 Å². The molecule has 0 amide bonds. The number of cyclic esters (lactones) is 1. The van der Waals surface area contributed by atoms with E-state index in [-0.39, 0.29) is 5.97 Å². The molecule has 0 fully saturated rings. The summed E-state index contributed by atoms with van der Waals surface area (Å²) in [5.74, 6) is -0.240. The van der Waals surface area contributed by atoms with Gasteiger partial charge in [0.05, 0.1) is 5.56 Å². The maximum atomic E-state index is 11.5. The molecule has 0 unspecified atom stereocenters. The Morgan fingerprint density at radius 1 is 1.00 bits per heavy atom. The minimum absolute atomic E-state index is 0.240. The number of carbonyl (C=O) groups excluding carboxylic acids is 1. The van der Waals surface area contributed by atoms with Crippen molar-refractivity contribution in [1.82, 2.24) is 0 Å². The summed E-state index contributed by atoms with van der Waals surface area (Å²) in [6.45, 7) is 0.384. The molecular weight excluding hydrogens is 236 g/mol. The van der Waals surface area contributed by atoms with E-state index >= 15 is 0 Å². The van der Waals surface area contributed by atoms with Gasteiger partial charge in [-0.3, -0.25) is 0 Å². The zero-order valence-corrected chi connectivity index (χ0v) is 9.70. The third-order valence-electron chi connectivity index (χ3n) is 2.87. The third kappa shape index (κ3) is 1.81. The SMILES string of the molecule is O=C1OCc2ccc(-c3ccc(Cl)cc3)cc21. The Morgan fingerprint density at radius 3 is 2.47 bits per heavy atom. The van der Waals surface area contributed by atoms with Crippen LogP contribution in [0.4, 0.5) is 0 Å². The molecule has 0 aromatic heterocycles. The van der Waals surface area contributed by atoms with Crippen LogP contribution in [-0.2, 0) is 11.3 Å². The minimum atomic E-state index is -0.240. The zero-order valence-electron chi connectivity index (χ0n) is 8.94. The summed E-state index contributed by atoms with van der Waals surface area (Å²) in [4.78, 5) is 11.5. The number of ether oxygens (including phenoxy) is 1. The smallest absolute Gasteiger partial charge is 0.338 e. The summed E-state index contributed by atoms with van der Waals surface area (Å²) in [6, 6.07) is 13.3. The third-order valence-corrected chi connectivity index (χ3v) is 3.12. The fraction of sp³-hybridized carbons (Fsp3) is 0.0714. The Morgan fingerprint density at radius 2 is 1.71 bits per heavy atom. The molecule has 0 atom stereocenters. The van der Waals surface area contributed by atoms with Gasteiger partial charge in [-0.15, -0.1) is 0 Å². The lowest BCUT2D eigenvalue weighted by Gasteiger charge is -2.03. The van der Waals surface area contributed by atoms with Crippen LogP contribution in [0.2, 0.25) is 5.02 Å². The highest BCUT2D eigenvalue weighted by Gasteiger charge is 2.21. The highest BCUT2D eigenvalue weighted by Crippen LogP contribution is 2.27. The van der Waals surface area contributed by atoms with Gasteiger partial charge in [0, 0.05) is 10.6 Å². The van der Waals surface area contributed by atoms with Gasteiger partial charge >= 0.3 is 5.97 Å². The molecule has 84 valence electrons. The van der Waals surface area contributed by atoms with Gasteiger partial charge in [0.1, 0.15) is 6.61 Å². The first kappa shape index (κ1) is 10.4. The average Bonchev–Trinajstić information content (AvgIpc) is 2.72. The second-order valence-corrected chi connectivity index (χ2v) is 4.39. The summed E-state index contributed by atoms with van der Waals surface area (Å²) in [6.07, 6.45) is 0. The number of carbonyl (C=O) groups is 1. The van der Waals surface area contributed by atoms with E-state index in [9.17, 15) is 4.79 Å². The molecule has 0 saturated heterocycles. The molecule has 0 bridgehead atoms. The summed E-state index contributed by atoms with van der Waals surface area (Å²) in [5.41, 5.74) is 3.65. The van der Waals surface area contributed by atoms with Gasteiger partial charge in [0.2, 0.25) is 0 Å². The van der Waals surface area contributed by atoms with Crippen molar-refractivity contribution in [2.24, 2.45) is 0 Å². The van der Waals surface area contributed by atoms with Crippen LogP contribution < -0.4 is 0 Å². The summed E-state index contributed by atoms with van der Waals surface area (Å²) in [5, 5.41) is 0.703. The second kappa shape index (κ2) is 3.90. The Balaban J connectivity index is 2.08. The molecule has 2 aromatic carbocycles. The van der Waals surface area contributed by atoms with Crippen molar-refractivity contribution >= 4 is 17.6 Å². The van der Waals surface area contributed by atoms with Crippen molar-refractivity contribution in [3.63, 3.8) is 0 Å². The summed E-state index contributed by atoms with van der Waals surface area (Å²) in [7, 11) is 0. The lowest BCUT2D eigenvalue weighted by molar-refractivity contribution is 0.0535. The van der Waals surface area contributed by atoms with Crippen LogP contribution in [0.15, 0.2) is 42.5 Å². The van der Waals surface area contributed by atoms with Crippen LogP contribution in [0.25, 0.3) is 11.1 Å². The van der Waals surface area contributed by atoms with Gasteiger partial charge in [-0.2, -0.15) is 0 Å². The molecule has 2 aromatic rings. The van der Waals surface area contributed by atoms with E-state index in [1.165, 1.54) is 0 Å². The fourth-order valence-corrected chi connectivity index (χ4v) is 2.06. The topological polar surface area (TPSA) is 26.3 Å². The van der Waals surface area contributed by atoms with Crippen LogP contribution in [0.3, 0.4) is 0 Å². The minimum Gasteiger partial charge on any atom is -0.457 e. The first-order valence-electron chi connectivity index (χ1n) is 5.30. The number of rotatable bonds is 1. The van der Waals surface area contributed by atoms with E-state index in [2.05, 4.69) is 0 Å². The average molecular weight is 245 g/mol. The number of benzene rings is 2. The molecule has 0 N–H and O–H groups in total. The Labute approximate surface area is 104 Å². The molecule has 3 heteroatoms. The standard InChI is InChI=1S/C14H9ClO2/c15-12-5-3-9(4-6-12)10-1-2-11-8-17-14(16)13(11)7-10/h1-7H,8H2. The Hall–Kier alpha value is -1.80. The fourth-order valence-electron chi connectivity index (χ4n) is 1.94. The monoisotopic (exact) mass is 244 g/mol. The summed E-state index contributed by atoms with van der Waals surface area (Å²) < 4.78 is 4.97. The Bertz CT molecular complexity index is 588. The summed E-state index contributed by atoms with van der Waals surface area (Å²) >= 11 is 5.84. The number of hydrogen-bond donors (Lipinski definition) is 0. The van der Waals surface area contributed by atoms with Crippen LogP contribution in [0.1, 0.15) is 15.9 Å². The second-order valence-electron chi connectivity index (χ2n) is 3.95. The predicted octanol–water partition coefficient (Wildman–Crippen LogP) is 3.68. The molecule has 0 saturated carbocycles. The zero-order chi connectivity index (χ0) is 11.8. The molecule has 1 aliphatic rings. The van der Waals surface area contributed by atoms with E-state index in [4.69, 9.17) is 16.3 Å². The van der Waals surface area contributed by atoms with E-state index in [1.807, 2.05) is 42.5 Å². The van der Waals surface area contributed by atoms with E-state index in [0.717, 1.165) is 16.7 Å². The quantitative estimate of drug-likeness (QED) is 0.716. The van der Waals surface area contributed by atoms with Crippen molar-refractivity contribution in [2.45, 2.75) is 6.61 Å². The largest absolute Gasteiger partial charge is 0.457 e. The molecular formula is C14H9ClO2. The van der Waals surface area contributed by atoms with Crippen LogP contribution >= 0.6 is 11.6 Å². The molecule has 0 spiro atoms. The molecule has 17 heavy (non-hydrogen) atoms.